The van der Waals surface area contributed by atoms with Crippen molar-refractivity contribution in [2.75, 3.05) is 36.5 Å². The molecule has 0 bridgehead atoms. The summed E-state index contributed by atoms with van der Waals surface area (Å²) in [5.41, 5.74) is 9.20. The molecule has 132 valence electrons. The summed E-state index contributed by atoms with van der Waals surface area (Å²) in [7, 11) is 0. The van der Waals surface area contributed by atoms with Crippen molar-refractivity contribution in [3.8, 4) is 0 Å². The van der Waals surface area contributed by atoms with Gasteiger partial charge in [-0.2, -0.15) is 11.8 Å². The number of thioether (sulfide) groups is 1. The summed E-state index contributed by atoms with van der Waals surface area (Å²) in [6.45, 7) is 5.95. The summed E-state index contributed by atoms with van der Waals surface area (Å²) < 4.78 is 0. The second kappa shape index (κ2) is 8.37. The number of hydrogen-bond donors (Lipinski definition) is 2. The minimum Gasteiger partial charge on any atom is -0.330 e. The number of aryl methyl sites for hydroxylation is 1. The topological polar surface area (TPSA) is 58.4 Å². The largest absolute Gasteiger partial charge is 0.330 e. The van der Waals surface area contributed by atoms with Gasteiger partial charge in [0.05, 0.1) is 0 Å². The molecule has 0 radical (unpaired) electrons. The molecule has 2 fully saturated rings. The Labute approximate surface area is 149 Å². The summed E-state index contributed by atoms with van der Waals surface area (Å²) in [5, 5.41) is 3.18. The molecular formula is C19H29N3OS. The van der Waals surface area contributed by atoms with Crippen LogP contribution < -0.4 is 11.1 Å². The van der Waals surface area contributed by atoms with Crippen molar-refractivity contribution in [1.82, 2.24) is 4.90 Å². The Morgan fingerprint density at radius 1 is 1.33 bits per heavy atom. The number of hydrogen-bond acceptors (Lipinski definition) is 4. The van der Waals surface area contributed by atoms with Gasteiger partial charge in [0.2, 0.25) is 5.91 Å². The van der Waals surface area contributed by atoms with Gasteiger partial charge in [-0.15, -0.1) is 0 Å². The fourth-order valence-corrected chi connectivity index (χ4v) is 4.79. The van der Waals surface area contributed by atoms with E-state index in [0.717, 1.165) is 50.1 Å². The predicted octanol–water partition coefficient (Wildman–Crippen LogP) is 2.86. The van der Waals surface area contributed by atoms with E-state index in [1.807, 2.05) is 11.8 Å². The molecular weight excluding hydrogens is 318 g/mol. The molecule has 1 aromatic rings. The molecule has 2 aliphatic rings. The van der Waals surface area contributed by atoms with Crippen LogP contribution in [-0.2, 0) is 11.3 Å². The summed E-state index contributed by atoms with van der Waals surface area (Å²) in [6, 6.07) is 6.46. The van der Waals surface area contributed by atoms with Crippen LogP contribution in [0.5, 0.6) is 0 Å². The van der Waals surface area contributed by atoms with Crippen LogP contribution in [-0.4, -0.2) is 41.9 Å². The van der Waals surface area contributed by atoms with Gasteiger partial charge in [-0.05, 0) is 49.4 Å². The van der Waals surface area contributed by atoms with Crippen molar-refractivity contribution >= 4 is 23.4 Å². The fraction of sp³-hybridized carbons (Fsp3) is 0.632. The molecule has 1 aliphatic carbocycles. The predicted molar refractivity (Wildman–Crippen MR) is 102 cm³/mol. The van der Waals surface area contributed by atoms with E-state index in [1.54, 1.807) is 0 Å². The molecule has 0 aromatic heterocycles. The summed E-state index contributed by atoms with van der Waals surface area (Å²) in [6.07, 6.45) is 3.17. The van der Waals surface area contributed by atoms with Crippen molar-refractivity contribution in [3.63, 3.8) is 0 Å². The van der Waals surface area contributed by atoms with Crippen LogP contribution in [0.2, 0.25) is 0 Å². The monoisotopic (exact) mass is 347 g/mol. The first-order valence-electron chi connectivity index (χ1n) is 9.08. The Bertz CT molecular complexity index is 572. The third-order valence-corrected chi connectivity index (χ3v) is 6.31. The third-order valence-electron chi connectivity index (χ3n) is 5.37. The molecule has 5 heteroatoms. The van der Waals surface area contributed by atoms with Gasteiger partial charge in [0, 0.05) is 42.7 Å². The van der Waals surface area contributed by atoms with Crippen molar-refractivity contribution in [2.45, 2.75) is 32.7 Å². The molecule has 1 aliphatic heterocycles. The number of nitrogens with one attached hydrogen (secondary N) is 1. The van der Waals surface area contributed by atoms with Gasteiger partial charge < -0.3 is 11.1 Å². The molecule has 24 heavy (non-hydrogen) atoms. The molecule has 1 heterocycles. The Morgan fingerprint density at radius 2 is 2.12 bits per heavy atom. The van der Waals surface area contributed by atoms with E-state index in [4.69, 9.17) is 5.73 Å². The van der Waals surface area contributed by atoms with E-state index in [1.165, 1.54) is 17.1 Å². The van der Waals surface area contributed by atoms with E-state index in [9.17, 15) is 4.79 Å². The molecule has 4 nitrogen and oxygen atoms in total. The lowest BCUT2D eigenvalue weighted by Gasteiger charge is -2.26. The maximum atomic E-state index is 12.7. The highest BCUT2D eigenvalue weighted by molar-refractivity contribution is 7.99. The van der Waals surface area contributed by atoms with Crippen LogP contribution >= 0.6 is 11.8 Å². The van der Waals surface area contributed by atoms with Gasteiger partial charge >= 0.3 is 0 Å². The van der Waals surface area contributed by atoms with Crippen molar-refractivity contribution in [1.29, 1.82) is 0 Å². The van der Waals surface area contributed by atoms with Gasteiger partial charge in [0.15, 0.2) is 0 Å². The number of anilines is 1. The Morgan fingerprint density at radius 3 is 2.88 bits per heavy atom. The van der Waals surface area contributed by atoms with Crippen molar-refractivity contribution in [3.05, 3.63) is 29.3 Å². The Balaban J connectivity index is 1.66. The standard InChI is InChI=1S/C19H29N3OS/c1-14-5-6-15(13-22-7-9-24-10-8-22)11-18(14)21-19(23)17-4-2-3-16(17)12-20/h5-6,11,16-17H,2-4,7-10,12-13,20H2,1H3,(H,21,23)/t16-,17-/m1/s1. The first-order valence-corrected chi connectivity index (χ1v) is 10.2. The van der Waals surface area contributed by atoms with Gasteiger partial charge in [-0.1, -0.05) is 18.6 Å². The summed E-state index contributed by atoms with van der Waals surface area (Å²) >= 11 is 2.03. The molecule has 1 aromatic carbocycles. The van der Waals surface area contributed by atoms with Crippen LogP contribution in [0.15, 0.2) is 18.2 Å². The minimum absolute atomic E-state index is 0.0807. The van der Waals surface area contributed by atoms with E-state index < -0.39 is 0 Å². The number of nitrogens with two attached hydrogens (primary N) is 1. The molecule has 0 unspecified atom stereocenters. The number of carbonyl (C=O) groups excluding carboxylic acids is 1. The second-order valence-electron chi connectivity index (χ2n) is 7.06. The van der Waals surface area contributed by atoms with Crippen LogP contribution in [0.1, 0.15) is 30.4 Å². The minimum atomic E-state index is 0.0807. The molecule has 3 rings (SSSR count). The maximum absolute atomic E-state index is 12.7. The average Bonchev–Trinajstić information content (AvgIpc) is 3.07. The van der Waals surface area contributed by atoms with Gasteiger partial charge in [-0.3, -0.25) is 9.69 Å². The number of nitrogens with zero attached hydrogens (tertiary/aromatic N) is 1. The first-order chi connectivity index (χ1) is 11.7. The van der Waals surface area contributed by atoms with E-state index >= 15 is 0 Å². The van der Waals surface area contributed by atoms with E-state index in [-0.39, 0.29) is 11.8 Å². The fourth-order valence-electron chi connectivity index (χ4n) is 3.81. The smallest absolute Gasteiger partial charge is 0.227 e. The lowest BCUT2D eigenvalue weighted by molar-refractivity contribution is -0.120. The van der Waals surface area contributed by atoms with Crippen molar-refractivity contribution in [2.24, 2.45) is 17.6 Å². The first kappa shape index (κ1) is 17.8. The number of carbonyl (C=O) groups is 1. The SMILES string of the molecule is Cc1ccc(CN2CCSCC2)cc1NC(=O)[C@@H]1CCC[C@@H]1CN. The molecule has 0 spiro atoms. The number of benzene rings is 1. The van der Waals surface area contributed by atoms with E-state index in [2.05, 4.69) is 35.3 Å². The molecule has 1 amide bonds. The third kappa shape index (κ3) is 4.32. The van der Waals surface area contributed by atoms with Crippen LogP contribution in [0.25, 0.3) is 0 Å². The number of rotatable bonds is 5. The van der Waals surface area contributed by atoms with Crippen LogP contribution in [0.4, 0.5) is 5.69 Å². The highest BCUT2D eigenvalue weighted by atomic mass is 32.2. The van der Waals surface area contributed by atoms with Gasteiger partial charge in [0.25, 0.3) is 0 Å². The lowest BCUT2D eigenvalue weighted by atomic mass is 9.95. The Hall–Kier alpha value is -1.04. The summed E-state index contributed by atoms with van der Waals surface area (Å²) in [4.78, 5) is 15.2. The van der Waals surface area contributed by atoms with E-state index in [0.29, 0.717) is 12.5 Å². The zero-order valence-corrected chi connectivity index (χ0v) is 15.4. The number of amides is 1. The zero-order valence-electron chi connectivity index (χ0n) is 14.6. The highest BCUT2D eigenvalue weighted by Gasteiger charge is 2.32. The van der Waals surface area contributed by atoms with Gasteiger partial charge in [-0.25, -0.2) is 0 Å². The normalized spacial score (nSPS) is 24.9. The zero-order chi connectivity index (χ0) is 16.9. The average molecular weight is 348 g/mol. The van der Waals surface area contributed by atoms with Crippen molar-refractivity contribution < 1.29 is 4.79 Å². The van der Waals surface area contributed by atoms with Gasteiger partial charge in [0.1, 0.15) is 0 Å². The Kier molecular flexibility index (Phi) is 6.19. The summed E-state index contributed by atoms with van der Waals surface area (Å²) in [5.74, 6) is 3.02. The molecule has 1 saturated carbocycles. The molecule has 1 saturated heterocycles. The maximum Gasteiger partial charge on any atom is 0.227 e. The van der Waals surface area contributed by atoms with Crippen LogP contribution in [0, 0.1) is 18.8 Å². The molecule has 3 N–H and O–H groups in total. The second-order valence-corrected chi connectivity index (χ2v) is 8.28. The van der Waals surface area contributed by atoms with Crippen LogP contribution in [0.3, 0.4) is 0 Å². The lowest BCUT2D eigenvalue weighted by Crippen LogP contribution is -2.32. The quantitative estimate of drug-likeness (QED) is 0.860. The molecule has 2 atom stereocenters. The highest BCUT2D eigenvalue weighted by Crippen LogP contribution is 2.32.